The number of hydrogen-bond donors (Lipinski definition) is 2. The van der Waals surface area contributed by atoms with Gasteiger partial charge in [-0.15, -0.1) is 0 Å². The first-order valence-corrected chi connectivity index (χ1v) is 6.49. The van der Waals surface area contributed by atoms with E-state index < -0.39 is 10.0 Å². The SMILES string of the molecule is Cc1ccc(S(=O)(=O)Nc2ncn[nH]2)c(Cl)c1. The molecule has 0 bridgehead atoms. The molecule has 0 amide bonds. The summed E-state index contributed by atoms with van der Waals surface area (Å²) < 4.78 is 26.1. The van der Waals surface area contributed by atoms with Gasteiger partial charge < -0.3 is 0 Å². The number of anilines is 1. The van der Waals surface area contributed by atoms with Crippen LogP contribution in [0.2, 0.25) is 5.02 Å². The molecule has 0 saturated carbocycles. The Kier molecular flexibility index (Phi) is 3.03. The zero-order chi connectivity index (χ0) is 12.5. The summed E-state index contributed by atoms with van der Waals surface area (Å²) >= 11 is 5.89. The van der Waals surface area contributed by atoms with Gasteiger partial charge in [-0.2, -0.15) is 10.1 Å². The Hall–Kier alpha value is -1.60. The van der Waals surface area contributed by atoms with Crippen LogP contribution < -0.4 is 4.72 Å². The number of rotatable bonds is 3. The molecule has 8 heteroatoms. The van der Waals surface area contributed by atoms with Crippen molar-refractivity contribution in [1.29, 1.82) is 0 Å². The topological polar surface area (TPSA) is 87.7 Å². The van der Waals surface area contributed by atoms with Crippen LogP contribution in [0.4, 0.5) is 5.95 Å². The van der Waals surface area contributed by atoms with E-state index in [-0.39, 0.29) is 15.9 Å². The number of nitrogens with zero attached hydrogens (tertiary/aromatic N) is 2. The quantitative estimate of drug-likeness (QED) is 0.888. The molecule has 0 spiro atoms. The van der Waals surface area contributed by atoms with Crippen molar-refractivity contribution in [2.75, 3.05) is 4.72 Å². The lowest BCUT2D eigenvalue weighted by Gasteiger charge is -2.07. The van der Waals surface area contributed by atoms with Gasteiger partial charge in [-0.3, -0.25) is 0 Å². The van der Waals surface area contributed by atoms with Crippen LogP contribution in [0.1, 0.15) is 5.56 Å². The van der Waals surface area contributed by atoms with E-state index in [4.69, 9.17) is 11.6 Å². The smallest absolute Gasteiger partial charge is 0.248 e. The van der Waals surface area contributed by atoms with Crippen LogP contribution in [0, 0.1) is 6.92 Å². The summed E-state index contributed by atoms with van der Waals surface area (Å²) in [5.41, 5.74) is 0.883. The molecule has 0 atom stereocenters. The van der Waals surface area contributed by atoms with E-state index in [0.717, 1.165) is 5.56 Å². The van der Waals surface area contributed by atoms with E-state index in [2.05, 4.69) is 19.9 Å². The summed E-state index contributed by atoms with van der Waals surface area (Å²) in [6.07, 6.45) is 1.20. The summed E-state index contributed by atoms with van der Waals surface area (Å²) in [6, 6.07) is 4.69. The number of halogens is 1. The monoisotopic (exact) mass is 272 g/mol. The summed E-state index contributed by atoms with van der Waals surface area (Å²) in [5.74, 6) is 0.0432. The molecule has 0 fully saturated rings. The Bertz CT molecular complexity index is 624. The molecule has 0 aliphatic rings. The van der Waals surface area contributed by atoms with Crippen LogP contribution in [0.5, 0.6) is 0 Å². The second kappa shape index (κ2) is 4.34. The summed E-state index contributed by atoms with van der Waals surface area (Å²) in [7, 11) is -3.75. The van der Waals surface area contributed by atoms with Crippen molar-refractivity contribution in [3.63, 3.8) is 0 Å². The highest BCUT2D eigenvalue weighted by Gasteiger charge is 2.18. The van der Waals surface area contributed by atoms with Crippen molar-refractivity contribution in [2.45, 2.75) is 11.8 Å². The number of aromatic amines is 1. The Labute approximate surface area is 103 Å². The summed E-state index contributed by atoms with van der Waals surface area (Å²) in [6.45, 7) is 1.83. The highest BCUT2D eigenvalue weighted by molar-refractivity contribution is 7.92. The molecule has 6 nitrogen and oxygen atoms in total. The van der Waals surface area contributed by atoms with Gasteiger partial charge in [-0.1, -0.05) is 17.7 Å². The maximum absolute atomic E-state index is 11.9. The van der Waals surface area contributed by atoms with Crippen molar-refractivity contribution < 1.29 is 8.42 Å². The molecule has 2 aromatic rings. The van der Waals surface area contributed by atoms with Crippen LogP contribution in [0.3, 0.4) is 0 Å². The fourth-order valence-corrected chi connectivity index (χ4v) is 2.83. The number of hydrogen-bond acceptors (Lipinski definition) is 4. The molecule has 0 aliphatic heterocycles. The van der Waals surface area contributed by atoms with Crippen LogP contribution >= 0.6 is 11.6 Å². The fourth-order valence-electron chi connectivity index (χ4n) is 1.26. The van der Waals surface area contributed by atoms with Gasteiger partial charge in [0.1, 0.15) is 11.2 Å². The van der Waals surface area contributed by atoms with Gasteiger partial charge in [0.15, 0.2) is 0 Å². The highest BCUT2D eigenvalue weighted by Crippen LogP contribution is 2.23. The van der Waals surface area contributed by atoms with Crippen molar-refractivity contribution >= 4 is 27.6 Å². The Balaban J connectivity index is 2.38. The van der Waals surface area contributed by atoms with Crippen molar-refractivity contribution in [2.24, 2.45) is 0 Å². The third-order valence-electron chi connectivity index (χ3n) is 2.02. The normalized spacial score (nSPS) is 11.4. The first kappa shape index (κ1) is 11.9. The van der Waals surface area contributed by atoms with E-state index >= 15 is 0 Å². The number of aryl methyl sites for hydroxylation is 1. The Morgan fingerprint density at radius 2 is 2.18 bits per heavy atom. The summed E-state index contributed by atoms with van der Waals surface area (Å²) in [5, 5.41) is 6.10. The lowest BCUT2D eigenvalue weighted by molar-refractivity contribution is 0.601. The molecule has 2 rings (SSSR count). The van der Waals surface area contributed by atoms with Gasteiger partial charge in [-0.25, -0.2) is 18.2 Å². The van der Waals surface area contributed by atoms with Gasteiger partial charge in [0.2, 0.25) is 5.95 Å². The van der Waals surface area contributed by atoms with Gasteiger partial charge in [0.25, 0.3) is 10.0 Å². The predicted molar refractivity (Wildman–Crippen MR) is 63.4 cm³/mol. The number of nitrogens with one attached hydrogen (secondary N) is 2. The zero-order valence-electron chi connectivity index (χ0n) is 8.81. The number of H-pyrrole nitrogens is 1. The lowest BCUT2D eigenvalue weighted by atomic mass is 10.2. The van der Waals surface area contributed by atoms with E-state index in [1.54, 1.807) is 12.1 Å². The molecule has 1 aromatic heterocycles. The molecule has 0 radical (unpaired) electrons. The summed E-state index contributed by atoms with van der Waals surface area (Å²) in [4.78, 5) is 3.68. The molecule has 1 aromatic carbocycles. The van der Waals surface area contributed by atoms with Crippen molar-refractivity contribution in [3.8, 4) is 0 Å². The van der Waals surface area contributed by atoms with Gasteiger partial charge in [0.05, 0.1) is 5.02 Å². The molecule has 90 valence electrons. The Morgan fingerprint density at radius 3 is 2.76 bits per heavy atom. The first-order chi connectivity index (χ1) is 7.99. The van der Waals surface area contributed by atoms with E-state index in [9.17, 15) is 8.42 Å². The predicted octanol–water partition coefficient (Wildman–Crippen LogP) is 1.57. The minimum absolute atomic E-state index is 0.00108. The second-order valence-corrected chi connectivity index (χ2v) is 5.43. The second-order valence-electron chi connectivity index (χ2n) is 3.37. The third kappa shape index (κ3) is 2.56. The standard InChI is InChI=1S/C9H9ClN4O2S/c1-6-2-3-8(7(10)4-6)17(15,16)14-9-11-5-12-13-9/h2-5H,1H3,(H2,11,12,13,14). The zero-order valence-corrected chi connectivity index (χ0v) is 10.4. The number of aromatic nitrogens is 3. The average Bonchev–Trinajstić information content (AvgIpc) is 2.68. The first-order valence-electron chi connectivity index (χ1n) is 4.63. The van der Waals surface area contributed by atoms with Crippen LogP contribution in [0.25, 0.3) is 0 Å². The maximum Gasteiger partial charge on any atom is 0.265 e. The van der Waals surface area contributed by atoms with Crippen LogP contribution in [0.15, 0.2) is 29.4 Å². The fraction of sp³-hybridized carbons (Fsp3) is 0.111. The molecule has 0 saturated heterocycles. The Morgan fingerprint density at radius 1 is 1.41 bits per heavy atom. The minimum Gasteiger partial charge on any atom is -0.248 e. The van der Waals surface area contributed by atoms with Crippen molar-refractivity contribution in [1.82, 2.24) is 15.2 Å². The molecular formula is C9H9ClN4O2S. The number of benzene rings is 1. The largest absolute Gasteiger partial charge is 0.265 e. The third-order valence-corrected chi connectivity index (χ3v) is 3.84. The molecule has 1 heterocycles. The molecule has 2 N–H and O–H groups in total. The number of sulfonamides is 1. The van der Waals surface area contributed by atoms with Crippen molar-refractivity contribution in [3.05, 3.63) is 35.1 Å². The molecular weight excluding hydrogens is 264 g/mol. The van der Waals surface area contributed by atoms with E-state index in [1.807, 2.05) is 6.92 Å². The van der Waals surface area contributed by atoms with Crippen LogP contribution in [-0.2, 0) is 10.0 Å². The van der Waals surface area contributed by atoms with E-state index in [0.29, 0.717) is 0 Å². The highest BCUT2D eigenvalue weighted by atomic mass is 35.5. The van der Waals surface area contributed by atoms with Gasteiger partial charge in [0, 0.05) is 0 Å². The van der Waals surface area contributed by atoms with Crippen LogP contribution in [-0.4, -0.2) is 23.6 Å². The van der Waals surface area contributed by atoms with Gasteiger partial charge in [-0.05, 0) is 24.6 Å². The average molecular weight is 273 g/mol. The maximum atomic E-state index is 11.9. The molecule has 17 heavy (non-hydrogen) atoms. The van der Waals surface area contributed by atoms with Gasteiger partial charge >= 0.3 is 0 Å². The molecule has 0 aliphatic carbocycles. The molecule has 0 unspecified atom stereocenters. The lowest BCUT2D eigenvalue weighted by Crippen LogP contribution is -2.14. The van der Waals surface area contributed by atoms with E-state index in [1.165, 1.54) is 12.4 Å². The minimum atomic E-state index is -3.75.